The Bertz CT molecular complexity index is 757. The summed E-state index contributed by atoms with van der Waals surface area (Å²) in [4.78, 5) is 22.4. The van der Waals surface area contributed by atoms with Gasteiger partial charge in [0.25, 0.3) is 0 Å². The zero-order chi connectivity index (χ0) is 19.1. The maximum Gasteiger partial charge on any atom is 0.317 e. The fraction of sp³-hybridized carbons (Fsp3) is 0.421. The molecule has 1 aliphatic rings. The van der Waals surface area contributed by atoms with E-state index in [1.165, 1.54) is 0 Å². The van der Waals surface area contributed by atoms with Gasteiger partial charge in [0.15, 0.2) is 11.5 Å². The highest BCUT2D eigenvalue weighted by atomic mass is 16.5. The normalized spacial score (nSPS) is 16.5. The third-order valence-corrected chi connectivity index (χ3v) is 4.38. The molecule has 144 valence electrons. The minimum absolute atomic E-state index is 0.0812. The summed E-state index contributed by atoms with van der Waals surface area (Å²) in [6.07, 6.45) is 6.45. The minimum Gasteiger partial charge on any atom is -0.493 e. The van der Waals surface area contributed by atoms with Gasteiger partial charge in [0, 0.05) is 25.5 Å². The summed E-state index contributed by atoms with van der Waals surface area (Å²) < 4.78 is 16.4. The van der Waals surface area contributed by atoms with Gasteiger partial charge in [-0.2, -0.15) is 0 Å². The van der Waals surface area contributed by atoms with E-state index in [1.807, 2.05) is 18.2 Å². The average Bonchev–Trinajstić information content (AvgIpc) is 2.72. The van der Waals surface area contributed by atoms with Gasteiger partial charge in [-0.25, -0.2) is 9.78 Å². The van der Waals surface area contributed by atoms with Gasteiger partial charge in [-0.05, 0) is 30.5 Å². The van der Waals surface area contributed by atoms with E-state index in [9.17, 15) is 4.79 Å². The lowest BCUT2D eigenvalue weighted by molar-refractivity contribution is 0.0974. The van der Waals surface area contributed by atoms with Crippen molar-refractivity contribution in [3.8, 4) is 17.4 Å². The molecule has 27 heavy (non-hydrogen) atoms. The monoisotopic (exact) mass is 372 g/mol. The van der Waals surface area contributed by atoms with Crippen molar-refractivity contribution in [2.75, 3.05) is 27.3 Å². The molecule has 0 radical (unpaired) electrons. The highest BCUT2D eigenvalue weighted by Crippen LogP contribution is 2.27. The maximum absolute atomic E-state index is 12.5. The number of hydrogen-bond donors (Lipinski definition) is 1. The van der Waals surface area contributed by atoms with E-state index in [2.05, 4.69) is 15.3 Å². The molecule has 8 heteroatoms. The Morgan fingerprint density at radius 1 is 1.26 bits per heavy atom. The molecule has 1 atom stereocenters. The third-order valence-electron chi connectivity index (χ3n) is 4.38. The van der Waals surface area contributed by atoms with Crippen LogP contribution in [0, 0.1) is 0 Å². The lowest BCUT2D eigenvalue weighted by Crippen LogP contribution is -2.48. The van der Waals surface area contributed by atoms with Gasteiger partial charge in [-0.1, -0.05) is 6.07 Å². The summed E-state index contributed by atoms with van der Waals surface area (Å²) in [5.74, 6) is 1.78. The van der Waals surface area contributed by atoms with Crippen molar-refractivity contribution in [1.29, 1.82) is 0 Å². The lowest BCUT2D eigenvalue weighted by Gasteiger charge is -2.32. The van der Waals surface area contributed by atoms with Crippen LogP contribution in [0.15, 0.2) is 36.8 Å². The van der Waals surface area contributed by atoms with Gasteiger partial charge in [-0.3, -0.25) is 4.98 Å². The Hall–Kier alpha value is -3.03. The van der Waals surface area contributed by atoms with Crippen LogP contribution in [-0.4, -0.2) is 54.3 Å². The number of aromatic nitrogens is 2. The van der Waals surface area contributed by atoms with Crippen molar-refractivity contribution in [2.45, 2.75) is 25.5 Å². The van der Waals surface area contributed by atoms with E-state index in [-0.39, 0.29) is 12.1 Å². The molecule has 0 bridgehead atoms. The van der Waals surface area contributed by atoms with Gasteiger partial charge in [0.2, 0.25) is 5.88 Å². The Labute approximate surface area is 158 Å². The number of urea groups is 1. The molecule has 0 aliphatic carbocycles. The Morgan fingerprint density at radius 3 is 2.85 bits per heavy atom. The quantitative estimate of drug-likeness (QED) is 0.837. The number of benzene rings is 1. The number of likely N-dealkylation sites (tertiary alicyclic amines) is 1. The first-order chi connectivity index (χ1) is 13.2. The van der Waals surface area contributed by atoms with Gasteiger partial charge in [0.1, 0.15) is 6.10 Å². The van der Waals surface area contributed by atoms with Gasteiger partial charge in [0.05, 0.1) is 27.0 Å². The van der Waals surface area contributed by atoms with Crippen molar-refractivity contribution >= 4 is 6.03 Å². The molecule has 0 saturated carbocycles. The first kappa shape index (κ1) is 18.8. The van der Waals surface area contributed by atoms with Crippen LogP contribution in [0.4, 0.5) is 4.79 Å². The second kappa shape index (κ2) is 9.07. The van der Waals surface area contributed by atoms with Crippen LogP contribution in [-0.2, 0) is 6.54 Å². The number of piperidine rings is 1. The minimum atomic E-state index is -0.114. The number of carbonyl (C=O) groups is 1. The van der Waals surface area contributed by atoms with Crippen LogP contribution in [0.3, 0.4) is 0 Å². The molecule has 1 saturated heterocycles. The molecular weight excluding hydrogens is 348 g/mol. The van der Waals surface area contributed by atoms with Crippen LogP contribution in [0.5, 0.6) is 17.4 Å². The number of nitrogens with one attached hydrogen (secondary N) is 1. The van der Waals surface area contributed by atoms with Crippen LogP contribution >= 0.6 is 0 Å². The molecular formula is C19H24N4O4. The number of ether oxygens (including phenoxy) is 3. The van der Waals surface area contributed by atoms with Gasteiger partial charge < -0.3 is 24.4 Å². The first-order valence-corrected chi connectivity index (χ1v) is 8.86. The predicted molar refractivity (Wildman–Crippen MR) is 99.0 cm³/mol. The highest BCUT2D eigenvalue weighted by molar-refractivity contribution is 5.74. The molecule has 1 fully saturated rings. The lowest BCUT2D eigenvalue weighted by atomic mass is 10.1. The molecule has 8 nitrogen and oxygen atoms in total. The summed E-state index contributed by atoms with van der Waals surface area (Å²) in [5, 5.41) is 2.95. The first-order valence-electron chi connectivity index (χ1n) is 8.86. The number of amides is 2. The van der Waals surface area contributed by atoms with E-state index in [1.54, 1.807) is 37.7 Å². The second-order valence-corrected chi connectivity index (χ2v) is 6.22. The van der Waals surface area contributed by atoms with Crippen LogP contribution in [0.25, 0.3) is 0 Å². The summed E-state index contributed by atoms with van der Waals surface area (Å²) in [5.41, 5.74) is 0.936. The molecule has 0 unspecified atom stereocenters. The van der Waals surface area contributed by atoms with Gasteiger partial charge in [-0.15, -0.1) is 0 Å². The standard InChI is InChI=1S/C19H24N4O4/c1-25-16-6-5-14(10-17(16)26-2)11-22-19(24)23-9-3-4-15(13-23)27-18-12-20-7-8-21-18/h5-8,10,12,15H,3-4,9,11,13H2,1-2H3,(H,22,24)/t15-/m1/s1. The number of rotatable bonds is 6. The van der Waals surface area contributed by atoms with Crippen LogP contribution in [0.1, 0.15) is 18.4 Å². The van der Waals surface area contributed by atoms with Crippen molar-refractivity contribution in [3.63, 3.8) is 0 Å². The summed E-state index contributed by atoms with van der Waals surface area (Å²) in [6.45, 7) is 1.64. The third kappa shape index (κ3) is 4.99. The van der Waals surface area contributed by atoms with E-state index in [4.69, 9.17) is 14.2 Å². The SMILES string of the molecule is COc1ccc(CNC(=O)N2CCC[C@@H](Oc3cnccn3)C2)cc1OC. The van der Waals surface area contributed by atoms with E-state index in [0.29, 0.717) is 37.0 Å². The van der Waals surface area contributed by atoms with Crippen molar-refractivity contribution in [3.05, 3.63) is 42.4 Å². The number of nitrogens with zero attached hydrogens (tertiary/aromatic N) is 3. The topological polar surface area (TPSA) is 85.8 Å². The molecule has 1 aliphatic heterocycles. The average molecular weight is 372 g/mol. The van der Waals surface area contributed by atoms with Crippen LogP contribution < -0.4 is 19.5 Å². The fourth-order valence-corrected chi connectivity index (χ4v) is 3.02. The molecule has 2 heterocycles. The smallest absolute Gasteiger partial charge is 0.317 e. The summed E-state index contributed by atoms with van der Waals surface area (Å²) in [7, 11) is 3.18. The molecule has 1 aromatic heterocycles. The summed E-state index contributed by atoms with van der Waals surface area (Å²) in [6, 6.07) is 5.47. The molecule has 3 rings (SSSR count). The molecule has 1 N–H and O–H groups in total. The molecule has 1 aromatic carbocycles. The largest absolute Gasteiger partial charge is 0.493 e. The zero-order valence-electron chi connectivity index (χ0n) is 15.6. The Balaban J connectivity index is 1.53. The zero-order valence-corrected chi connectivity index (χ0v) is 15.6. The fourth-order valence-electron chi connectivity index (χ4n) is 3.02. The Kier molecular flexibility index (Phi) is 6.30. The number of carbonyl (C=O) groups excluding carboxylic acids is 1. The Morgan fingerprint density at radius 2 is 2.11 bits per heavy atom. The predicted octanol–water partition coefficient (Wildman–Crippen LogP) is 2.25. The highest BCUT2D eigenvalue weighted by Gasteiger charge is 2.25. The molecule has 2 aromatic rings. The maximum atomic E-state index is 12.5. The van der Waals surface area contributed by atoms with Crippen LogP contribution in [0.2, 0.25) is 0 Å². The molecule has 2 amide bonds. The van der Waals surface area contributed by atoms with E-state index < -0.39 is 0 Å². The van der Waals surface area contributed by atoms with Crippen molar-refractivity contribution in [2.24, 2.45) is 0 Å². The number of methoxy groups -OCH3 is 2. The van der Waals surface area contributed by atoms with Gasteiger partial charge >= 0.3 is 6.03 Å². The van der Waals surface area contributed by atoms with Crippen molar-refractivity contribution in [1.82, 2.24) is 20.2 Å². The number of hydrogen-bond acceptors (Lipinski definition) is 6. The second-order valence-electron chi connectivity index (χ2n) is 6.22. The summed E-state index contributed by atoms with van der Waals surface area (Å²) >= 11 is 0. The van der Waals surface area contributed by atoms with E-state index >= 15 is 0 Å². The van der Waals surface area contributed by atoms with E-state index in [0.717, 1.165) is 18.4 Å². The molecule has 0 spiro atoms. The van der Waals surface area contributed by atoms with Crippen molar-refractivity contribution < 1.29 is 19.0 Å².